The molecule has 0 saturated carbocycles. The third-order valence-electron chi connectivity index (χ3n) is 5.11. The number of methoxy groups -OCH3 is 2. The number of anilines is 2. The Morgan fingerprint density at radius 2 is 1.66 bits per heavy atom. The molecule has 0 atom stereocenters. The molecule has 0 aliphatic carbocycles. The van der Waals surface area contributed by atoms with E-state index in [0.717, 1.165) is 11.3 Å². The van der Waals surface area contributed by atoms with Crippen molar-refractivity contribution in [2.45, 2.75) is 13.8 Å². The molecule has 164 valence electrons. The lowest BCUT2D eigenvalue weighted by atomic mass is 10.1. The van der Waals surface area contributed by atoms with Crippen molar-refractivity contribution in [3.8, 4) is 22.6 Å². The molecule has 0 saturated heterocycles. The molecule has 4 aromatic rings. The van der Waals surface area contributed by atoms with Crippen molar-refractivity contribution in [2.24, 2.45) is 0 Å². The number of rotatable bonds is 5. The Bertz CT molecular complexity index is 1370. The summed E-state index contributed by atoms with van der Waals surface area (Å²) in [5.41, 5.74) is 3.41. The molecule has 4 rings (SSSR count). The van der Waals surface area contributed by atoms with Gasteiger partial charge in [-0.15, -0.1) is 0 Å². The van der Waals surface area contributed by atoms with Gasteiger partial charge in [0.15, 0.2) is 0 Å². The second-order valence-electron chi connectivity index (χ2n) is 7.28. The molecule has 0 unspecified atom stereocenters. The van der Waals surface area contributed by atoms with E-state index in [4.69, 9.17) is 37.1 Å². The maximum Gasteiger partial charge on any atom is 0.344 e. The summed E-state index contributed by atoms with van der Waals surface area (Å²) in [5.74, 6) is 1.21. The molecule has 0 aliphatic heterocycles. The summed E-state index contributed by atoms with van der Waals surface area (Å²) < 4.78 is 16.2. The van der Waals surface area contributed by atoms with Crippen LogP contribution in [-0.4, -0.2) is 19.2 Å². The molecule has 0 spiro atoms. The van der Waals surface area contributed by atoms with Gasteiger partial charge in [0.25, 0.3) is 0 Å². The summed E-state index contributed by atoms with van der Waals surface area (Å²) in [7, 11) is 2.94. The highest BCUT2D eigenvalue weighted by atomic mass is 35.5. The molecular formula is C24H20Cl2N2O4. The van der Waals surface area contributed by atoms with Gasteiger partial charge in [-0.3, -0.25) is 0 Å². The highest BCUT2D eigenvalue weighted by molar-refractivity contribution is 6.41. The second kappa shape index (κ2) is 8.73. The zero-order chi connectivity index (χ0) is 23.0. The largest absolute Gasteiger partial charge is 0.495 e. The number of nitrogens with zero attached hydrogens (tertiary/aromatic N) is 1. The van der Waals surface area contributed by atoms with E-state index in [-0.39, 0.29) is 21.2 Å². The third-order valence-corrected chi connectivity index (χ3v) is 5.86. The van der Waals surface area contributed by atoms with Gasteiger partial charge >= 0.3 is 5.63 Å². The lowest BCUT2D eigenvalue weighted by molar-refractivity contribution is 0.395. The lowest BCUT2D eigenvalue weighted by Crippen LogP contribution is -2.05. The number of nitrogens with one attached hydrogen (secondary N) is 1. The van der Waals surface area contributed by atoms with Crippen LogP contribution < -0.4 is 20.4 Å². The van der Waals surface area contributed by atoms with E-state index >= 15 is 0 Å². The number of benzene rings is 2. The summed E-state index contributed by atoms with van der Waals surface area (Å²) in [6.45, 7) is 4.05. The van der Waals surface area contributed by atoms with Crippen LogP contribution >= 0.6 is 23.2 Å². The van der Waals surface area contributed by atoms with Crippen LogP contribution in [-0.2, 0) is 0 Å². The van der Waals surface area contributed by atoms with E-state index < -0.39 is 5.63 Å². The maximum absolute atomic E-state index is 12.9. The highest BCUT2D eigenvalue weighted by Crippen LogP contribution is 2.45. The fourth-order valence-corrected chi connectivity index (χ4v) is 4.17. The minimum Gasteiger partial charge on any atom is -0.495 e. The molecule has 2 aromatic carbocycles. The van der Waals surface area contributed by atoms with E-state index in [1.807, 2.05) is 26.0 Å². The number of halogens is 2. The van der Waals surface area contributed by atoms with E-state index in [1.54, 1.807) is 24.4 Å². The highest BCUT2D eigenvalue weighted by Gasteiger charge is 2.22. The first-order chi connectivity index (χ1) is 15.3. The number of ether oxygens (including phenoxy) is 2. The molecule has 2 heterocycles. The van der Waals surface area contributed by atoms with Gasteiger partial charge < -0.3 is 19.2 Å². The molecule has 32 heavy (non-hydrogen) atoms. The standard InChI is InChI=1S/C24H20Cl2N2O4/c1-12-5-6-16(13(2)7-12)28-20-10-17-14(11-27-20)8-15(24(29)32-17)21-22(25)18(30-3)9-19(31-4)23(21)26/h5-11H,1-4H3,(H,27,28). The number of hydrogen-bond donors (Lipinski definition) is 1. The van der Waals surface area contributed by atoms with E-state index in [9.17, 15) is 4.79 Å². The fraction of sp³-hybridized carbons (Fsp3) is 0.167. The SMILES string of the molecule is COc1cc(OC)c(Cl)c(-c2cc3cnc(Nc4ccc(C)cc4C)cc3oc2=O)c1Cl. The molecule has 2 aromatic heterocycles. The van der Waals surface area contributed by atoms with Crippen molar-refractivity contribution >= 4 is 45.7 Å². The molecule has 0 radical (unpaired) electrons. The van der Waals surface area contributed by atoms with Gasteiger partial charge in [-0.2, -0.15) is 0 Å². The molecule has 0 amide bonds. The van der Waals surface area contributed by atoms with Gasteiger partial charge in [-0.1, -0.05) is 40.9 Å². The maximum atomic E-state index is 12.9. The Hall–Kier alpha value is -3.22. The lowest BCUT2D eigenvalue weighted by Gasteiger charge is -2.14. The summed E-state index contributed by atoms with van der Waals surface area (Å²) in [5, 5.41) is 4.24. The van der Waals surface area contributed by atoms with Crippen LogP contribution in [0.25, 0.3) is 22.1 Å². The van der Waals surface area contributed by atoms with Crippen LogP contribution in [0.1, 0.15) is 11.1 Å². The van der Waals surface area contributed by atoms with E-state index in [0.29, 0.717) is 28.3 Å². The Balaban J connectivity index is 1.81. The Labute approximate surface area is 194 Å². The van der Waals surface area contributed by atoms with Crippen LogP contribution in [0.5, 0.6) is 11.5 Å². The topological polar surface area (TPSA) is 73.6 Å². The fourth-order valence-electron chi connectivity index (χ4n) is 3.47. The number of hydrogen-bond acceptors (Lipinski definition) is 6. The number of fused-ring (bicyclic) bond motifs is 1. The third kappa shape index (κ3) is 3.99. The molecular weight excluding hydrogens is 451 g/mol. The average molecular weight is 471 g/mol. The molecule has 0 aliphatic rings. The zero-order valence-corrected chi connectivity index (χ0v) is 19.4. The summed E-state index contributed by atoms with van der Waals surface area (Å²) in [6, 6.07) is 10.9. The average Bonchev–Trinajstić information content (AvgIpc) is 2.76. The van der Waals surface area contributed by atoms with Crippen molar-refractivity contribution < 1.29 is 13.9 Å². The number of aryl methyl sites for hydroxylation is 2. The van der Waals surface area contributed by atoms with Gasteiger partial charge in [0, 0.05) is 35.0 Å². The molecule has 6 nitrogen and oxygen atoms in total. The zero-order valence-electron chi connectivity index (χ0n) is 17.9. The predicted molar refractivity (Wildman–Crippen MR) is 128 cm³/mol. The van der Waals surface area contributed by atoms with Crippen molar-refractivity contribution in [2.75, 3.05) is 19.5 Å². The number of pyridine rings is 1. The van der Waals surface area contributed by atoms with E-state index in [2.05, 4.69) is 16.4 Å². The Morgan fingerprint density at radius 1 is 0.969 bits per heavy atom. The second-order valence-corrected chi connectivity index (χ2v) is 8.04. The normalized spacial score (nSPS) is 10.9. The van der Waals surface area contributed by atoms with Gasteiger partial charge in [-0.25, -0.2) is 9.78 Å². The first-order valence-electron chi connectivity index (χ1n) is 9.71. The van der Waals surface area contributed by atoms with E-state index in [1.165, 1.54) is 19.8 Å². The summed E-state index contributed by atoms with van der Waals surface area (Å²) in [6.07, 6.45) is 1.62. The van der Waals surface area contributed by atoms with Gasteiger partial charge in [0.2, 0.25) is 0 Å². The minimum absolute atomic E-state index is 0.182. The molecule has 8 heteroatoms. The summed E-state index contributed by atoms with van der Waals surface area (Å²) >= 11 is 12.9. The van der Waals surface area contributed by atoms with Crippen LogP contribution in [0.15, 0.2) is 51.8 Å². The first-order valence-corrected chi connectivity index (χ1v) is 10.5. The van der Waals surface area contributed by atoms with Gasteiger partial charge in [0.05, 0.1) is 29.8 Å². The Morgan fingerprint density at radius 3 is 2.28 bits per heavy atom. The quantitative estimate of drug-likeness (QED) is 0.356. The smallest absolute Gasteiger partial charge is 0.344 e. The molecule has 1 N–H and O–H groups in total. The van der Waals surface area contributed by atoms with Crippen molar-refractivity contribution in [1.29, 1.82) is 0 Å². The van der Waals surface area contributed by atoms with Crippen LogP contribution in [0, 0.1) is 13.8 Å². The van der Waals surface area contributed by atoms with Crippen LogP contribution in [0.4, 0.5) is 11.5 Å². The number of aromatic nitrogens is 1. The van der Waals surface area contributed by atoms with Gasteiger partial charge in [0.1, 0.15) is 22.9 Å². The molecule has 0 bridgehead atoms. The Kier molecular flexibility index (Phi) is 6.00. The van der Waals surface area contributed by atoms with Crippen LogP contribution in [0.2, 0.25) is 10.0 Å². The van der Waals surface area contributed by atoms with Gasteiger partial charge in [-0.05, 0) is 31.5 Å². The van der Waals surface area contributed by atoms with Crippen molar-refractivity contribution in [1.82, 2.24) is 4.98 Å². The summed E-state index contributed by atoms with van der Waals surface area (Å²) in [4.78, 5) is 17.3. The van der Waals surface area contributed by atoms with Crippen molar-refractivity contribution in [3.63, 3.8) is 0 Å². The minimum atomic E-state index is -0.597. The first kappa shape index (κ1) is 22.0. The monoisotopic (exact) mass is 470 g/mol. The molecule has 0 fully saturated rings. The van der Waals surface area contributed by atoms with Crippen LogP contribution in [0.3, 0.4) is 0 Å². The van der Waals surface area contributed by atoms with Crippen molar-refractivity contribution in [3.05, 3.63) is 74.2 Å². The predicted octanol–water partition coefficient (Wildman–Crippen LogP) is 6.54.